The average Bonchev–Trinajstić information content (AvgIpc) is 3.50. The highest BCUT2D eigenvalue weighted by atomic mass is 19.1. The van der Waals surface area contributed by atoms with Gasteiger partial charge >= 0.3 is 6.03 Å². The summed E-state index contributed by atoms with van der Waals surface area (Å²) in [4.78, 5) is 30.9. The van der Waals surface area contributed by atoms with Crippen LogP contribution in [0.4, 0.5) is 13.6 Å². The summed E-state index contributed by atoms with van der Waals surface area (Å²) in [7, 11) is 1.52. The fourth-order valence-corrected chi connectivity index (χ4v) is 4.67. The number of likely N-dealkylation sites (tertiary alicyclic amines) is 1. The smallest absolute Gasteiger partial charge is 0.341 e. The van der Waals surface area contributed by atoms with E-state index >= 15 is 0 Å². The molecule has 39 heavy (non-hydrogen) atoms. The standard InChI is InChI=1S/C26H24F2N8O3/c1-14-24(25(37)30-3)15(2)35(33-14)23-9-22(20(28)11-31-23)39-19-12-34(13-19)26(38)36-21(4-5-32-36)17-6-16(10-29)7-18(27)8-17/h5-9,11,19,21H,4,12-13H2,1-3H3,(H,30,37). The minimum atomic E-state index is -0.680. The average molecular weight is 535 g/mol. The van der Waals surface area contributed by atoms with E-state index in [1.807, 2.05) is 6.07 Å². The molecule has 3 aromatic rings. The Hall–Kier alpha value is -4.86. The van der Waals surface area contributed by atoms with Crippen LogP contribution in [0.3, 0.4) is 0 Å². The molecule has 1 fully saturated rings. The van der Waals surface area contributed by atoms with Gasteiger partial charge < -0.3 is 15.0 Å². The molecule has 11 nitrogen and oxygen atoms in total. The number of nitrogens with one attached hydrogen (secondary N) is 1. The molecular formula is C26H24F2N8O3. The number of aryl methyl sites for hydroxylation is 1. The molecule has 200 valence electrons. The number of pyridine rings is 1. The lowest BCUT2D eigenvalue weighted by atomic mass is 10.0. The maximum absolute atomic E-state index is 14.6. The quantitative estimate of drug-likeness (QED) is 0.536. The number of amides is 3. The summed E-state index contributed by atoms with van der Waals surface area (Å²) in [5, 5.41) is 21.5. The van der Waals surface area contributed by atoms with Crippen LogP contribution < -0.4 is 10.1 Å². The normalized spacial score (nSPS) is 16.7. The first-order valence-corrected chi connectivity index (χ1v) is 12.1. The van der Waals surface area contributed by atoms with Crippen molar-refractivity contribution in [2.45, 2.75) is 32.4 Å². The number of urea groups is 1. The van der Waals surface area contributed by atoms with Gasteiger partial charge in [-0.05, 0) is 37.6 Å². The highest BCUT2D eigenvalue weighted by Gasteiger charge is 2.39. The second kappa shape index (κ2) is 10.1. The van der Waals surface area contributed by atoms with Gasteiger partial charge in [-0.1, -0.05) is 0 Å². The number of aromatic nitrogens is 3. The number of carbonyl (C=O) groups excluding carboxylic acids is 2. The van der Waals surface area contributed by atoms with Crippen molar-refractivity contribution in [2.75, 3.05) is 20.1 Å². The van der Waals surface area contributed by atoms with Gasteiger partial charge in [0.2, 0.25) is 0 Å². The number of hydrazone groups is 1. The number of hydrogen-bond acceptors (Lipinski definition) is 7. The van der Waals surface area contributed by atoms with Gasteiger partial charge in [-0.2, -0.15) is 15.5 Å². The van der Waals surface area contributed by atoms with E-state index in [-0.39, 0.29) is 36.1 Å². The SMILES string of the molecule is CNC(=O)c1c(C)nn(-c2cc(OC3CN(C(=O)N4N=CCC4c4cc(F)cc(C#N)c4)C3)c(F)cn2)c1C. The maximum Gasteiger partial charge on any atom is 0.341 e. The molecule has 1 N–H and O–H groups in total. The van der Waals surface area contributed by atoms with E-state index in [1.165, 1.54) is 39.8 Å². The first-order valence-electron chi connectivity index (χ1n) is 12.1. The van der Waals surface area contributed by atoms with Crippen molar-refractivity contribution in [3.05, 3.63) is 70.2 Å². The molecule has 3 amide bonds. The fraction of sp³-hybridized carbons (Fsp3) is 0.308. The second-order valence-electron chi connectivity index (χ2n) is 9.22. The third-order valence-corrected chi connectivity index (χ3v) is 6.64. The molecule has 2 aliphatic rings. The number of ether oxygens (including phenoxy) is 1. The molecule has 2 aromatic heterocycles. The molecule has 2 aliphatic heterocycles. The zero-order chi connectivity index (χ0) is 27.8. The van der Waals surface area contributed by atoms with E-state index in [4.69, 9.17) is 10.00 Å². The monoisotopic (exact) mass is 534 g/mol. The summed E-state index contributed by atoms with van der Waals surface area (Å²) in [5.74, 6) is -1.32. The number of benzene rings is 1. The van der Waals surface area contributed by atoms with Gasteiger partial charge in [0.15, 0.2) is 17.4 Å². The third-order valence-electron chi connectivity index (χ3n) is 6.64. The zero-order valence-corrected chi connectivity index (χ0v) is 21.4. The Morgan fingerprint density at radius 3 is 2.67 bits per heavy atom. The molecule has 1 atom stereocenters. The third kappa shape index (κ3) is 4.76. The van der Waals surface area contributed by atoms with Crippen molar-refractivity contribution in [1.82, 2.24) is 30.0 Å². The van der Waals surface area contributed by atoms with Crippen LogP contribution in [-0.4, -0.2) is 69.1 Å². The predicted molar refractivity (Wildman–Crippen MR) is 134 cm³/mol. The van der Waals surface area contributed by atoms with Crippen molar-refractivity contribution >= 4 is 18.2 Å². The number of nitrogens with zero attached hydrogens (tertiary/aromatic N) is 7. The molecular weight excluding hydrogens is 510 g/mol. The highest BCUT2D eigenvalue weighted by molar-refractivity contribution is 5.96. The van der Waals surface area contributed by atoms with Gasteiger partial charge in [0, 0.05) is 25.7 Å². The first kappa shape index (κ1) is 25.8. The molecule has 5 rings (SSSR count). The second-order valence-corrected chi connectivity index (χ2v) is 9.22. The maximum atomic E-state index is 14.6. The minimum Gasteiger partial charge on any atom is -0.483 e. The highest BCUT2D eigenvalue weighted by Crippen LogP contribution is 2.32. The predicted octanol–water partition coefficient (Wildman–Crippen LogP) is 3.01. The number of carbonyl (C=O) groups is 2. The Morgan fingerprint density at radius 1 is 1.18 bits per heavy atom. The summed E-state index contributed by atoms with van der Waals surface area (Å²) < 4.78 is 35.8. The van der Waals surface area contributed by atoms with E-state index in [0.29, 0.717) is 28.9 Å². The molecule has 0 saturated carbocycles. The minimum absolute atomic E-state index is 0.0630. The molecule has 1 unspecified atom stereocenters. The zero-order valence-electron chi connectivity index (χ0n) is 21.4. The number of halogens is 2. The summed E-state index contributed by atoms with van der Waals surface area (Å²) in [6.07, 6.45) is 2.48. The van der Waals surface area contributed by atoms with E-state index < -0.39 is 29.8 Å². The van der Waals surface area contributed by atoms with Gasteiger partial charge in [-0.25, -0.2) is 28.3 Å². The van der Waals surface area contributed by atoms with Crippen LogP contribution in [0.15, 0.2) is 35.6 Å². The number of nitriles is 1. The molecule has 13 heteroatoms. The lowest BCUT2D eigenvalue weighted by molar-refractivity contribution is 0.0256. The summed E-state index contributed by atoms with van der Waals surface area (Å²) in [5.41, 5.74) is 2.08. The molecule has 1 saturated heterocycles. The van der Waals surface area contributed by atoms with Crippen molar-refractivity contribution in [2.24, 2.45) is 5.10 Å². The topological polar surface area (TPSA) is 129 Å². The van der Waals surface area contributed by atoms with Crippen LogP contribution in [0.2, 0.25) is 0 Å². The van der Waals surface area contributed by atoms with Crippen LogP contribution in [0.25, 0.3) is 5.82 Å². The molecule has 0 bridgehead atoms. The molecule has 0 aliphatic carbocycles. The Kier molecular flexibility index (Phi) is 6.69. The van der Waals surface area contributed by atoms with Gasteiger partial charge in [0.05, 0.1) is 53.9 Å². The van der Waals surface area contributed by atoms with Crippen LogP contribution in [0.5, 0.6) is 5.75 Å². The van der Waals surface area contributed by atoms with E-state index in [1.54, 1.807) is 20.1 Å². The Bertz CT molecular complexity index is 1540. The van der Waals surface area contributed by atoms with Gasteiger partial charge in [0.25, 0.3) is 5.91 Å². The molecule has 0 radical (unpaired) electrons. The van der Waals surface area contributed by atoms with Crippen LogP contribution in [0, 0.1) is 36.8 Å². The molecule has 4 heterocycles. The molecule has 0 spiro atoms. The Morgan fingerprint density at radius 2 is 1.95 bits per heavy atom. The van der Waals surface area contributed by atoms with Crippen molar-refractivity contribution < 1.29 is 23.1 Å². The van der Waals surface area contributed by atoms with Crippen molar-refractivity contribution in [3.63, 3.8) is 0 Å². The number of rotatable bonds is 5. The number of hydrogen-bond donors (Lipinski definition) is 1. The summed E-state index contributed by atoms with van der Waals surface area (Å²) >= 11 is 0. The van der Waals surface area contributed by atoms with E-state index in [2.05, 4.69) is 20.5 Å². The molecule has 1 aromatic carbocycles. The lowest BCUT2D eigenvalue weighted by Gasteiger charge is -2.41. The van der Waals surface area contributed by atoms with Gasteiger partial charge in [0.1, 0.15) is 11.9 Å². The van der Waals surface area contributed by atoms with E-state index in [9.17, 15) is 18.4 Å². The van der Waals surface area contributed by atoms with E-state index in [0.717, 1.165) is 12.3 Å². The first-order chi connectivity index (χ1) is 18.7. The fourth-order valence-electron chi connectivity index (χ4n) is 4.67. The largest absolute Gasteiger partial charge is 0.483 e. The van der Waals surface area contributed by atoms with Crippen LogP contribution in [0.1, 0.15) is 45.3 Å². The van der Waals surface area contributed by atoms with Crippen LogP contribution >= 0.6 is 0 Å². The van der Waals surface area contributed by atoms with Gasteiger partial charge in [-0.3, -0.25) is 4.79 Å². The van der Waals surface area contributed by atoms with Gasteiger partial charge in [-0.15, -0.1) is 0 Å². The van der Waals surface area contributed by atoms with Crippen molar-refractivity contribution in [1.29, 1.82) is 5.26 Å². The lowest BCUT2D eigenvalue weighted by Crippen LogP contribution is -2.58. The van der Waals surface area contributed by atoms with Crippen LogP contribution in [-0.2, 0) is 0 Å². The van der Waals surface area contributed by atoms with Crippen molar-refractivity contribution in [3.8, 4) is 17.6 Å². The Labute approximate surface area is 222 Å². The Balaban J connectivity index is 1.27. The summed E-state index contributed by atoms with van der Waals surface area (Å²) in [6.45, 7) is 3.77. The summed E-state index contributed by atoms with van der Waals surface area (Å²) in [6, 6.07) is 6.31.